The van der Waals surface area contributed by atoms with E-state index in [2.05, 4.69) is 4.74 Å². The van der Waals surface area contributed by atoms with E-state index in [0.29, 0.717) is 43.4 Å². The average Bonchev–Trinajstić information content (AvgIpc) is 2.85. The first-order valence-corrected chi connectivity index (χ1v) is 12.3. The van der Waals surface area contributed by atoms with Crippen molar-refractivity contribution in [3.05, 3.63) is 58.9 Å². The quantitative estimate of drug-likeness (QED) is 0.271. The molecule has 2 aliphatic rings. The minimum Gasteiger partial charge on any atom is -0.490 e. The number of hydrogen-bond donors (Lipinski definition) is 0. The van der Waals surface area contributed by atoms with Gasteiger partial charge in [0, 0.05) is 12.1 Å². The molecule has 9 heteroatoms. The zero-order valence-corrected chi connectivity index (χ0v) is 19.9. The predicted octanol–water partition coefficient (Wildman–Crippen LogP) is 8.35. The van der Waals surface area contributed by atoms with Gasteiger partial charge < -0.3 is 9.47 Å². The molecular weight excluding hydrogens is 489 g/mol. The van der Waals surface area contributed by atoms with Gasteiger partial charge in [-0.15, -0.1) is 0 Å². The fraction of sp³-hybridized carbons (Fsp3) is 0.556. The third-order valence-electron chi connectivity index (χ3n) is 7.73. The van der Waals surface area contributed by atoms with E-state index < -0.39 is 46.9 Å². The van der Waals surface area contributed by atoms with Crippen molar-refractivity contribution in [1.29, 1.82) is 0 Å². The second-order valence-electron chi connectivity index (χ2n) is 10.1. The molecule has 0 aromatic heterocycles. The fourth-order valence-corrected chi connectivity index (χ4v) is 5.53. The molecule has 0 unspecified atom stereocenters. The topological polar surface area (TPSA) is 18.5 Å². The lowest BCUT2D eigenvalue weighted by Crippen LogP contribution is -2.38. The number of rotatable bonds is 7. The maximum absolute atomic E-state index is 14.7. The molecule has 2 saturated carbocycles. The lowest BCUT2D eigenvalue weighted by atomic mass is 9.69. The summed E-state index contributed by atoms with van der Waals surface area (Å²) in [4.78, 5) is 0. The van der Waals surface area contributed by atoms with Crippen molar-refractivity contribution in [3.63, 3.8) is 0 Å². The van der Waals surface area contributed by atoms with Crippen LogP contribution in [0.5, 0.6) is 11.5 Å². The normalized spacial score (nSPS) is 25.0. The fourth-order valence-electron chi connectivity index (χ4n) is 5.53. The van der Waals surface area contributed by atoms with Gasteiger partial charge in [-0.25, -0.2) is 17.6 Å². The summed E-state index contributed by atoms with van der Waals surface area (Å²) in [6.45, 7) is 1.78. The molecular formula is C27H29F7O2. The van der Waals surface area contributed by atoms with Gasteiger partial charge in [0.25, 0.3) is 0 Å². The number of aryl methyl sites for hydroxylation is 1. The second kappa shape index (κ2) is 10.9. The highest BCUT2D eigenvalue weighted by atomic mass is 19.3. The van der Waals surface area contributed by atoms with Crippen molar-refractivity contribution in [1.82, 2.24) is 0 Å². The molecule has 198 valence electrons. The third kappa shape index (κ3) is 5.92. The summed E-state index contributed by atoms with van der Waals surface area (Å²) in [6, 6.07) is 3.75. The highest BCUT2D eigenvalue weighted by Crippen LogP contribution is 2.45. The van der Waals surface area contributed by atoms with Crippen LogP contribution in [0.2, 0.25) is 0 Å². The number of halogens is 7. The van der Waals surface area contributed by atoms with Crippen molar-refractivity contribution in [2.45, 2.75) is 64.4 Å². The van der Waals surface area contributed by atoms with Crippen LogP contribution in [0.25, 0.3) is 0 Å². The Labute approximate surface area is 205 Å². The Morgan fingerprint density at radius 3 is 1.89 bits per heavy atom. The Balaban J connectivity index is 1.23. The number of hydrogen-bond acceptors (Lipinski definition) is 2. The van der Waals surface area contributed by atoms with Gasteiger partial charge in [-0.1, -0.05) is 6.07 Å². The van der Waals surface area contributed by atoms with Crippen molar-refractivity contribution in [3.8, 4) is 11.5 Å². The lowest BCUT2D eigenvalue weighted by molar-refractivity contribution is -0.224. The van der Waals surface area contributed by atoms with Crippen LogP contribution >= 0.6 is 0 Å². The largest absolute Gasteiger partial charge is 0.490 e. The second-order valence-corrected chi connectivity index (χ2v) is 10.1. The smallest absolute Gasteiger partial charge is 0.400 e. The zero-order valence-electron chi connectivity index (χ0n) is 19.9. The first-order chi connectivity index (χ1) is 17.0. The van der Waals surface area contributed by atoms with Gasteiger partial charge in [0.15, 0.2) is 29.0 Å². The van der Waals surface area contributed by atoms with E-state index in [1.807, 2.05) is 0 Å². The molecule has 0 spiro atoms. The molecule has 0 bridgehead atoms. The van der Waals surface area contributed by atoms with E-state index in [4.69, 9.17) is 4.74 Å². The van der Waals surface area contributed by atoms with Crippen molar-refractivity contribution in [2.75, 3.05) is 6.61 Å². The van der Waals surface area contributed by atoms with Gasteiger partial charge in [-0.2, -0.15) is 13.2 Å². The standard InChI is InChI=1S/C27H29F7O2/c1-15-2-11-23(26(32)24(15)30)35-14-16-3-5-17(6-4-16)18-7-9-19(10-8-18)27(33,34)36-20-12-21(28)25(31)22(29)13-20/h2,11-13,16-19H,3-10,14H2,1H3. The summed E-state index contributed by atoms with van der Waals surface area (Å²) in [6.07, 6.45) is 1.54. The molecule has 2 nitrogen and oxygen atoms in total. The van der Waals surface area contributed by atoms with Crippen LogP contribution in [0, 0.1) is 59.7 Å². The summed E-state index contributed by atoms with van der Waals surface area (Å²) in [5.74, 6) is -7.80. The Morgan fingerprint density at radius 2 is 1.31 bits per heavy atom. The predicted molar refractivity (Wildman–Crippen MR) is 119 cm³/mol. The highest BCUT2D eigenvalue weighted by Gasteiger charge is 2.45. The van der Waals surface area contributed by atoms with Gasteiger partial charge in [0.1, 0.15) is 5.75 Å². The van der Waals surface area contributed by atoms with Crippen LogP contribution in [-0.4, -0.2) is 12.7 Å². The van der Waals surface area contributed by atoms with Crippen LogP contribution in [-0.2, 0) is 0 Å². The molecule has 4 rings (SSSR count). The van der Waals surface area contributed by atoms with E-state index in [-0.39, 0.29) is 30.1 Å². The molecule has 0 aliphatic heterocycles. The minimum absolute atomic E-state index is 0.0900. The van der Waals surface area contributed by atoms with Gasteiger partial charge >= 0.3 is 6.11 Å². The summed E-state index contributed by atoms with van der Waals surface area (Å²) in [5.41, 5.74) is 0.220. The summed E-state index contributed by atoms with van der Waals surface area (Å²) in [5, 5.41) is 0. The first kappa shape index (κ1) is 26.6. The lowest BCUT2D eigenvalue weighted by Gasteiger charge is -2.39. The molecule has 2 aromatic carbocycles. The molecule has 0 amide bonds. The minimum atomic E-state index is -3.62. The van der Waals surface area contributed by atoms with Crippen molar-refractivity contribution in [2.24, 2.45) is 23.7 Å². The first-order valence-electron chi connectivity index (χ1n) is 12.3. The van der Waals surface area contributed by atoms with Crippen LogP contribution in [0.1, 0.15) is 56.9 Å². The van der Waals surface area contributed by atoms with E-state index in [0.717, 1.165) is 25.7 Å². The third-order valence-corrected chi connectivity index (χ3v) is 7.73. The molecule has 0 atom stereocenters. The van der Waals surface area contributed by atoms with E-state index in [1.165, 1.54) is 19.1 Å². The van der Waals surface area contributed by atoms with Crippen molar-refractivity contribution >= 4 is 0 Å². The van der Waals surface area contributed by atoms with Crippen LogP contribution in [0.15, 0.2) is 24.3 Å². The molecule has 0 radical (unpaired) electrons. The molecule has 0 N–H and O–H groups in total. The maximum atomic E-state index is 14.7. The Bertz CT molecular complexity index is 1040. The number of ether oxygens (including phenoxy) is 2. The maximum Gasteiger partial charge on any atom is 0.400 e. The zero-order chi connectivity index (χ0) is 26.0. The van der Waals surface area contributed by atoms with Gasteiger partial charge in [-0.3, -0.25) is 0 Å². The SMILES string of the molecule is Cc1ccc(OCC2CCC(C3CCC(C(F)(F)Oc4cc(F)c(F)c(F)c4)CC3)CC2)c(F)c1F. The Morgan fingerprint density at radius 1 is 0.750 bits per heavy atom. The summed E-state index contributed by atoms with van der Waals surface area (Å²) >= 11 is 0. The molecule has 36 heavy (non-hydrogen) atoms. The molecule has 2 aliphatic carbocycles. The Hall–Kier alpha value is -2.45. The Kier molecular flexibility index (Phi) is 8.05. The molecule has 0 heterocycles. The van der Waals surface area contributed by atoms with Crippen molar-refractivity contribution < 1.29 is 40.2 Å². The number of benzene rings is 2. The molecule has 2 aromatic rings. The van der Waals surface area contributed by atoms with Crippen LogP contribution < -0.4 is 9.47 Å². The monoisotopic (exact) mass is 518 g/mol. The van der Waals surface area contributed by atoms with E-state index in [1.54, 1.807) is 0 Å². The van der Waals surface area contributed by atoms with Crippen LogP contribution in [0.3, 0.4) is 0 Å². The van der Waals surface area contributed by atoms with E-state index in [9.17, 15) is 30.7 Å². The molecule has 0 saturated heterocycles. The summed E-state index contributed by atoms with van der Waals surface area (Å²) < 4.78 is 107. The van der Waals surface area contributed by atoms with E-state index >= 15 is 0 Å². The highest BCUT2D eigenvalue weighted by molar-refractivity contribution is 5.30. The molecule has 2 fully saturated rings. The number of alkyl halides is 2. The van der Waals surface area contributed by atoms with Crippen LogP contribution in [0.4, 0.5) is 30.7 Å². The van der Waals surface area contributed by atoms with Gasteiger partial charge in [0.05, 0.1) is 12.5 Å². The summed E-state index contributed by atoms with van der Waals surface area (Å²) in [7, 11) is 0. The van der Waals surface area contributed by atoms with Gasteiger partial charge in [0.2, 0.25) is 5.82 Å². The van der Waals surface area contributed by atoms with Gasteiger partial charge in [-0.05, 0) is 87.7 Å². The average molecular weight is 519 g/mol.